The lowest BCUT2D eigenvalue weighted by Crippen LogP contribution is -2.46. The number of rotatable bonds is 8. The van der Waals surface area contributed by atoms with Crippen molar-refractivity contribution >= 4 is 35.3 Å². The van der Waals surface area contributed by atoms with Crippen molar-refractivity contribution in [3.05, 3.63) is 65.7 Å². The Bertz CT molecular complexity index is 868. The molecule has 2 amide bonds. The fourth-order valence-electron chi connectivity index (χ4n) is 2.33. The maximum Gasteiger partial charge on any atom is 0.307 e. The molecule has 152 valence electrons. The Morgan fingerprint density at radius 1 is 0.897 bits per heavy atom. The number of carbonyl (C=O) groups is 4. The molecule has 29 heavy (non-hydrogen) atoms. The van der Waals surface area contributed by atoms with Crippen LogP contribution in [0.25, 0.3) is 0 Å². The number of ketones is 1. The van der Waals surface area contributed by atoms with Crippen LogP contribution in [0.15, 0.2) is 59.5 Å². The zero-order valence-corrected chi connectivity index (χ0v) is 17.0. The third-order valence-electron chi connectivity index (χ3n) is 3.98. The maximum absolute atomic E-state index is 12.1. The van der Waals surface area contributed by atoms with Crippen LogP contribution in [0.3, 0.4) is 0 Å². The molecule has 0 aromatic heterocycles. The van der Waals surface area contributed by atoms with Gasteiger partial charge in [-0.05, 0) is 37.4 Å². The van der Waals surface area contributed by atoms with E-state index in [4.69, 9.17) is 4.74 Å². The van der Waals surface area contributed by atoms with E-state index in [1.807, 2.05) is 18.4 Å². The quantitative estimate of drug-likeness (QED) is 0.298. The first-order valence-corrected chi connectivity index (χ1v) is 10.1. The number of ether oxygens (including phenoxy) is 1. The summed E-state index contributed by atoms with van der Waals surface area (Å²) in [5, 5.41) is 0. The molecule has 0 heterocycles. The standard InChI is InChI=1S/C21H22N2O5S/c1-14(20(26)22-23-21(27)16-6-4-3-5-7-16)28-19(25)13-12-18(24)15-8-10-17(29-2)11-9-15/h3-11,14H,12-13H2,1-2H3,(H,22,26)(H,23,27)/t14-/m0/s1. The lowest BCUT2D eigenvalue weighted by atomic mass is 10.1. The summed E-state index contributed by atoms with van der Waals surface area (Å²) in [6, 6.07) is 15.4. The third kappa shape index (κ3) is 7.08. The SMILES string of the molecule is CSc1ccc(C(=O)CCC(=O)O[C@@H](C)C(=O)NNC(=O)c2ccccc2)cc1. The molecule has 1 atom stereocenters. The van der Waals surface area contributed by atoms with Gasteiger partial charge in [0.25, 0.3) is 11.8 Å². The molecule has 0 fully saturated rings. The third-order valence-corrected chi connectivity index (χ3v) is 4.72. The molecule has 0 saturated carbocycles. The first-order valence-electron chi connectivity index (χ1n) is 8.92. The fourth-order valence-corrected chi connectivity index (χ4v) is 2.74. The Kier molecular flexibility index (Phi) is 8.42. The van der Waals surface area contributed by atoms with Gasteiger partial charge in [-0.1, -0.05) is 30.3 Å². The number of thioether (sulfide) groups is 1. The van der Waals surface area contributed by atoms with Crippen molar-refractivity contribution in [2.45, 2.75) is 30.8 Å². The van der Waals surface area contributed by atoms with Crippen LogP contribution in [0, 0.1) is 0 Å². The van der Waals surface area contributed by atoms with Crippen LogP contribution in [0.5, 0.6) is 0 Å². The second-order valence-electron chi connectivity index (χ2n) is 6.09. The van der Waals surface area contributed by atoms with Gasteiger partial charge < -0.3 is 4.74 Å². The van der Waals surface area contributed by atoms with E-state index in [1.165, 1.54) is 6.92 Å². The van der Waals surface area contributed by atoms with Crippen molar-refractivity contribution in [3.63, 3.8) is 0 Å². The first-order chi connectivity index (χ1) is 13.9. The Balaban J connectivity index is 1.73. The molecule has 0 aliphatic rings. The second-order valence-corrected chi connectivity index (χ2v) is 6.97. The first kappa shape index (κ1) is 22.2. The maximum atomic E-state index is 12.1. The molecule has 2 aromatic carbocycles. The summed E-state index contributed by atoms with van der Waals surface area (Å²) in [7, 11) is 0. The Hall–Kier alpha value is -3.13. The monoisotopic (exact) mass is 414 g/mol. The van der Waals surface area contributed by atoms with Crippen molar-refractivity contribution < 1.29 is 23.9 Å². The van der Waals surface area contributed by atoms with Gasteiger partial charge >= 0.3 is 5.97 Å². The number of Topliss-reactive ketones (excluding diaryl/α,β-unsaturated/α-hetero) is 1. The molecule has 2 rings (SSSR count). The number of carbonyl (C=O) groups excluding carboxylic acids is 4. The normalized spacial score (nSPS) is 11.2. The number of esters is 1. The van der Waals surface area contributed by atoms with E-state index in [1.54, 1.807) is 54.2 Å². The van der Waals surface area contributed by atoms with E-state index in [-0.39, 0.29) is 18.6 Å². The molecule has 0 radical (unpaired) electrons. The highest BCUT2D eigenvalue weighted by atomic mass is 32.2. The van der Waals surface area contributed by atoms with Crippen LogP contribution in [0.1, 0.15) is 40.5 Å². The van der Waals surface area contributed by atoms with Gasteiger partial charge in [-0.25, -0.2) is 0 Å². The molecule has 8 heteroatoms. The number of nitrogens with one attached hydrogen (secondary N) is 2. The molecular weight excluding hydrogens is 392 g/mol. The summed E-state index contributed by atoms with van der Waals surface area (Å²) in [6.45, 7) is 1.38. The van der Waals surface area contributed by atoms with E-state index in [0.29, 0.717) is 11.1 Å². The van der Waals surface area contributed by atoms with E-state index in [9.17, 15) is 19.2 Å². The molecule has 2 N–H and O–H groups in total. The largest absolute Gasteiger partial charge is 0.452 e. The van der Waals surface area contributed by atoms with Gasteiger partial charge in [0, 0.05) is 22.4 Å². The molecule has 7 nitrogen and oxygen atoms in total. The van der Waals surface area contributed by atoms with Crippen LogP contribution in [0.2, 0.25) is 0 Å². The van der Waals surface area contributed by atoms with Gasteiger partial charge in [0.15, 0.2) is 11.9 Å². The number of amides is 2. The van der Waals surface area contributed by atoms with Gasteiger partial charge in [-0.15, -0.1) is 11.8 Å². The highest BCUT2D eigenvalue weighted by Gasteiger charge is 2.19. The van der Waals surface area contributed by atoms with Crippen molar-refractivity contribution in [3.8, 4) is 0 Å². The van der Waals surface area contributed by atoms with Gasteiger partial charge in [-0.2, -0.15) is 0 Å². The van der Waals surface area contributed by atoms with Crippen molar-refractivity contribution in [2.24, 2.45) is 0 Å². The Morgan fingerprint density at radius 2 is 1.55 bits per heavy atom. The minimum atomic E-state index is -1.12. The summed E-state index contributed by atoms with van der Waals surface area (Å²) in [4.78, 5) is 48.9. The van der Waals surface area contributed by atoms with Crippen LogP contribution in [-0.2, 0) is 14.3 Å². The van der Waals surface area contributed by atoms with Crippen LogP contribution >= 0.6 is 11.8 Å². The smallest absolute Gasteiger partial charge is 0.307 e. The van der Waals surface area contributed by atoms with Crippen molar-refractivity contribution in [1.29, 1.82) is 0 Å². The van der Waals surface area contributed by atoms with Crippen LogP contribution in [-0.4, -0.2) is 35.9 Å². The zero-order valence-electron chi connectivity index (χ0n) is 16.1. The topological polar surface area (TPSA) is 102 Å². The highest BCUT2D eigenvalue weighted by molar-refractivity contribution is 7.98. The van der Waals surface area contributed by atoms with E-state index >= 15 is 0 Å². The summed E-state index contributed by atoms with van der Waals surface area (Å²) in [5.41, 5.74) is 5.35. The van der Waals surface area contributed by atoms with Gasteiger partial charge in [0.05, 0.1) is 6.42 Å². The lowest BCUT2D eigenvalue weighted by Gasteiger charge is -2.14. The second kappa shape index (κ2) is 11.0. The summed E-state index contributed by atoms with van der Waals surface area (Å²) < 4.78 is 5.02. The van der Waals surface area contributed by atoms with Gasteiger partial charge in [0.2, 0.25) is 0 Å². The molecule has 0 bridgehead atoms. The van der Waals surface area contributed by atoms with Gasteiger partial charge in [0.1, 0.15) is 0 Å². The number of hydrogen-bond acceptors (Lipinski definition) is 6. The predicted octanol–water partition coefficient (Wildman–Crippen LogP) is 2.76. The minimum Gasteiger partial charge on any atom is -0.452 e. The molecule has 0 saturated heterocycles. The average Bonchev–Trinajstić information content (AvgIpc) is 2.76. The fraction of sp³-hybridized carbons (Fsp3) is 0.238. The van der Waals surface area contributed by atoms with Gasteiger partial charge in [-0.3, -0.25) is 30.0 Å². The molecular formula is C21H22N2O5S. The molecule has 2 aromatic rings. The average molecular weight is 414 g/mol. The van der Waals surface area contributed by atoms with Crippen LogP contribution < -0.4 is 10.9 Å². The number of benzene rings is 2. The van der Waals surface area contributed by atoms with Crippen molar-refractivity contribution in [2.75, 3.05) is 6.26 Å². The van der Waals surface area contributed by atoms with E-state index in [2.05, 4.69) is 10.9 Å². The summed E-state index contributed by atoms with van der Waals surface area (Å²) in [6.07, 6.45) is 0.666. The minimum absolute atomic E-state index is 0.0173. The summed E-state index contributed by atoms with van der Waals surface area (Å²) >= 11 is 1.57. The molecule has 0 spiro atoms. The number of hydrazine groups is 1. The lowest BCUT2D eigenvalue weighted by molar-refractivity contribution is -0.155. The molecule has 0 aliphatic carbocycles. The van der Waals surface area contributed by atoms with Crippen molar-refractivity contribution in [1.82, 2.24) is 10.9 Å². The van der Waals surface area contributed by atoms with E-state index < -0.39 is 23.9 Å². The Morgan fingerprint density at radius 3 is 2.17 bits per heavy atom. The summed E-state index contributed by atoms with van der Waals surface area (Å²) in [5.74, 6) is -2.02. The Labute approximate surface area is 173 Å². The predicted molar refractivity (Wildman–Crippen MR) is 109 cm³/mol. The van der Waals surface area contributed by atoms with Crippen LogP contribution in [0.4, 0.5) is 0 Å². The number of hydrogen-bond donors (Lipinski definition) is 2. The zero-order chi connectivity index (χ0) is 21.2. The molecule has 0 aliphatic heterocycles. The van der Waals surface area contributed by atoms with E-state index in [0.717, 1.165) is 4.90 Å². The molecule has 0 unspecified atom stereocenters. The highest BCUT2D eigenvalue weighted by Crippen LogP contribution is 2.16.